The van der Waals surface area contributed by atoms with Crippen LogP contribution in [0.4, 0.5) is 13.2 Å². The van der Waals surface area contributed by atoms with Gasteiger partial charge in [0.05, 0.1) is 59.3 Å². The summed E-state index contributed by atoms with van der Waals surface area (Å²) < 4.78 is 72.2. The SMILES string of the molecule is COC(=O)c1c(C(=O)c2ccc(C(F)(F)F)cc2)c(O)c2cc(OC)c(OC)c(OC)c2c1-c1ccc(OC)c(OC)c1. The molecule has 0 fully saturated rings. The van der Waals surface area contributed by atoms with Crippen LogP contribution in [-0.4, -0.2) is 59.5 Å². The molecule has 226 valence electrons. The zero-order valence-corrected chi connectivity index (χ0v) is 24.0. The lowest BCUT2D eigenvalue weighted by Crippen LogP contribution is -2.15. The molecule has 0 amide bonds. The number of carbonyl (C=O) groups is 2. The van der Waals surface area contributed by atoms with Crippen LogP contribution in [0.2, 0.25) is 0 Å². The van der Waals surface area contributed by atoms with Crippen LogP contribution < -0.4 is 23.7 Å². The molecule has 43 heavy (non-hydrogen) atoms. The van der Waals surface area contributed by atoms with Crippen LogP contribution in [0, 0.1) is 0 Å². The van der Waals surface area contributed by atoms with Gasteiger partial charge in [-0.3, -0.25) is 4.79 Å². The molecule has 12 heteroatoms. The van der Waals surface area contributed by atoms with Gasteiger partial charge in [-0.15, -0.1) is 0 Å². The second kappa shape index (κ2) is 12.0. The van der Waals surface area contributed by atoms with Gasteiger partial charge >= 0.3 is 12.1 Å². The maximum atomic E-state index is 14.0. The lowest BCUT2D eigenvalue weighted by molar-refractivity contribution is -0.137. The van der Waals surface area contributed by atoms with E-state index in [0.29, 0.717) is 11.3 Å². The van der Waals surface area contributed by atoms with Crippen molar-refractivity contribution >= 4 is 22.5 Å². The van der Waals surface area contributed by atoms with E-state index in [4.69, 9.17) is 28.4 Å². The molecule has 0 unspecified atom stereocenters. The van der Waals surface area contributed by atoms with Gasteiger partial charge in [-0.1, -0.05) is 18.2 Å². The summed E-state index contributed by atoms with van der Waals surface area (Å²) in [6, 6.07) is 9.47. The molecule has 0 heterocycles. The van der Waals surface area contributed by atoms with E-state index in [1.807, 2.05) is 0 Å². The molecule has 0 saturated heterocycles. The molecule has 0 radical (unpaired) electrons. The molecule has 0 bridgehead atoms. The minimum atomic E-state index is -4.64. The quantitative estimate of drug-likeness (QED) is 0.175. The maximum absolute atomic E-state index is 14.0. The van der Waals surface area contributed by atoms with Crippen molar-refractivity contribution in [3.8, 4) is 45.6 Å². The molecule has 4 rings (SSSR count). The highest BCUT2D eigenvalue weighted by Gasteiger charge is 2.35. The zero-order valence-electron chi connectivity index (χ0n) is 24.0. The van der Waals surface area contributed by atoms with E-state index in [0.717, 1.165) is 31.4 Å². The van der Waals surface area contributed by atoms with Crippen LogP contribution in [0.25, 0.3) is 21.9 Å². The lowest BCUT2D eigenvalue weighted by atomic mass is 9.85. The third kappa shape index (κ3) is 5.31. The van der Waals surface area contributed by atoms with Gasteiger partial charge in [0.1, 0.15) is 5.75 Å². The van der Waals surface area contributed by atoms with Crippen molar-refractivity contribution in [2.75, 3.05) is 42.7 Å². The van der Waals surface area contributed by atoms with Crippen molar-refractivity contribution in [2.45, 2.75) is 6.18 Å². The Hall–Kier alpha value is -5.13. The number of benzene rings is 4. The molecule has 0 aliphatic carbocycles. The second-order valence-corrected chi connectivity index (χ2v) is 9.01. The topological polar surface area (TPSA) is 110 Å². The highest BCUT2D eigenvalue weighted by molar-refractivity contribution is 6.24. The largest absolute Gasteiger partial charge is 0.506 e. The number of ketones is 1. The molecular weight excluding hydrogens is 573 g/mol. The average Bonchev–Trinajstić information content (AvgIpc) is 3.02. The summed E-state index contributed by atoms with van der Waals surface area (Å²) in [5, 5.41) is 11.8. The number of phenolic OH excluding ortho intramolecular Hbond substituents is 1. The molecule has 4 aromatic carbocycles. The average molecular weight is 601 g/mol. The maximum Gasteiger partial charge on any atom is 0.416 e. The lowest BCUT2D eigenvalue weighted by Gasteiger charge is -2.23. The van der Waals surface area contributed by atoms with Crippen molar-refractivity contribution < 1.29 is 56.3 Å². The summed E-state index contributed by atoms with van der Waals surface area (Å²) in [6.45, 7) is 0. The van der Waals surface area contributed by atoms with Crippen molar-refractivity contribution in [3.05, 3.63) is 70.8 Å². The predicted octanol–water partition coefficient (Wildman–Crippen LogP) is 6.29. The van der Waals surface area contributed by atoms with Crippen molar-refractivity contribution in [3.63, 3.8) is 0 Å². The summed E-state index contributed by atoms with van der Waals surface area (Å²) in [5.41, 5.74) is -1.71. The Labute approximate surface area is 244 Å². The number of methoxy groups -OCH3 is 6. The smallest absolute Gasteiger partial charge is 0.416 e. The van der Waals surface area contributed by atoms with Gasteiger partial charge in [0.2, 0.25) is 5.75 Å². The molecule has 0 aliphatic heterocycles. The number of carbonyl (C=O) groups excluding carboxylic acids is 2. The minimum Gasteiger partial charge on any atom is -0.506 e. The van der Waals surface area contributed by atoms with Crippen molar-refractivity contribution in [1.82, 2.24) is 0 Å². The highest BCUT2D eigenvalue weighted by Crippen LogP contribution is 2.53. The first-order valence-corrected chi connectivity index (χ1v) is 12.5. The number of hydrogen-bond donors (Lipinski definition) is 1. The number of aromatic hydroxyl groups is 1. The minimum absolute atomic E-state index is 0.0159. The van der Waals surface area contributed by atoms with E-state index >= 15 is 0 Å². The summed E-state index contributed by atoms with van der Waals surface area (Å²) in [5.74, 6) is -1.69. The number of esters is 1. The summed E-state index contributed by atoms with van der Waals surface area (Å²) in [7, 11) is 7.99. The highest BCUT2D eigenvalue weighted by atomic mass is 19.4. The van der Waals surface area contributed by atoms with Gasteiger partial charge in [0.25, 0.3) is 0 Å². The number of alkyl halides is 3. The summed E-state index contributed by atoms with van der Waals surface area (Å²) in [4.78, 5) is 27.5. The third-order valence-electron chi connectivity index (χ3n) is 6.84. The Morgan fingerprint density at radius 2 is 1.30 bits per heavy atom. The predicted molar refractivity (Wildman–Crippen MR) is 150 cm³/mol. The van der Waals surface area contributed by atoms with Gasteiger partial charge in [-0.25, -0.2) is 4.79 Å². The number of rotatable bonds is 9. The van der Waals surface area contributed by atoms with Crippen LogP contribution in [0.15, 0.2) is 48.5 Å². The molecule has 0 atom stereocenters. The zero-order chi connectivity index (χ0) is 31.6. The number of fused-ring (bicyclic) bond motifs is 1. The fourth-order valence-electron chi connectivity index (χ4n) is 4.86. The fourth-order valence-corrected chi connectivity index (χ4v) is 4.86. The van der Waals surface area contributed by atoms with Gasteiger partial charge in [-0.05, 0) is 35.9 Å². The van der Waals surface area contributed by atoms with Crippen molar-refractivity contribution in [2.24, 2.45) is 0 Å². The van der Waals surface area contributed by atoms with Gasteiger partial charge < -0.3 is 33.5 Å². The number of halogens is 3. The van der Waals surface area contributed by atoms with E-state index in [2.05, 4.69) is 0 Å². The third-order valence-corrected chi connectivity index (χ3v) is 6.84. The normalized spacial score (nSPS) is 11.2. The molecule has 0 spiro atoms. The second-order valence-electron chi connectivity index (χ2n) is 9.01. The molecular formula is C31H27F3O9. The molecule has 0 aliphatic rings. The Balaban J connectivity index is 2.24. The first-order chi connectivity index (χ1) is 20.5. The Morgan fingerprint density at radius 3 is 1.81 bits per heavy atom. The van der Waals surface area contributed by atoms with E-state index < -0.39 is 34.8 Å². The van der Waals surface area contributed by atoms with E-state index in [9.17, 15) is 27.9 Å². The molecule has 9 nitrogen and oxygen atoms in total. The Bertz CT molecular complexity index is 1710. The van der Waals surface area contributed by atoms with Crippen LogP contribution in [-0.2, 0) is 10.9 Å². The standard InChI is InChI=1S/C31H27F3O9/c1-38-19-12-9-16(13-20(19)39-2)22-23-18(14-21(40-3)28(41-4)29(23)42-5)27(36)25(24(22)30(37)43-6)26(35)15-7-10-17(11-8-15)31(32,33)34/h7-14,36H,1-6H3. The van der Waals surface area contributed by atoms with Gasteiger partial charge in [-0.2, -0.15) is 13.2 Å². The van der Waals surface area contributed by atoms with Crippen LogP contribution in [0.5, 0.6) is 34.5 Å². The van der Waals surface area contributed by atoms with Crippen molar-refractivity contribution in [1.29, 1.82) is 0 Å². The van der Waals surface area contributed by atoms with Crippen LogP contribution in [0.3, 0.4) is 0 Å². The first kappa shape index (κ1) is 30.8. The van der Waals surface area contributed by atoms with E-state index in [1.165, 1.54) is 41.6 Å². The van der Waals surface area contributed by atoms with E-state index in [-0.39, 0.29) is 50.5 Å². The van der Waals surface area contributed by atoms with Gasteiger partial charge in [0.15, 0.2) is 28.8 Å². The first-order valence-electron chi connectivity index (χ1n) is 12.5. The Kier molecular flexibility index (Phi) is 8.60. The fraction of sp³-hybridized carbons (Fsp3) is 0.226. The monoisotopic (exact) mass is 600 g/mol. The molecule has 1 N–H and O–H groups in total. The van der Waals surface area contributed by atoms with E-state index in [1.54, 1.807) is 18.2 Å². The molecule has 4 aromatic rings. The Morgan fingerprint density at radius 1 is 0.698 bits per heavy atom. The summed E-state index contributed by atoms with van der Waals surface area (Å²) >= 11 is 0. The molecule has 0 aromatic heterocycles. The number of ether oxygens (including phenoxy) is 6. The van der Waals surface area contributed by atoms with Crippen LogP contribution >= 0.6 is 0 Å². The number of phenols is 1. The van der Waals surface area contributed by atoms with Crippen LogP contribution in [0.1, 0.15) is 31.8 Å². The van der Waals surface area contributed by atoms with Gasteiger partial charge in [0, 0.05) is 21.9 Å². The number of hydrogen-bond acceptors (Lipinski definition) is 9. The summed E-state index contributed by atoms with van der Waals surface area (Å²) in [6.07, 6.45) is -4.64. The molecule has 0 saturated carbocycles.